The van der Waals surface area contributed by atoms with Gasteiger partial charge in [-0.3, -0.25) is 4.90 Å². The van der Waals surface area contributed by atoms with Crippen molar-refractivity contribution in [2.45, 2.75) is 40.3 Å². The Labute approximate surface area is 116 Å². The van der Waals surface area contributed by atoms with Gasteiger partial charge >= 0.3 is 0 Å². The molecule has 0 radical (unpaired) electrons. The van der Waals surface area contributed by atoms with Crippen LogP contribution in [-0.4, -0.2) is 30.6 Å². The minimum atomic E-state index is -0.136. The zero-order valence-electron chi connectivity index (χ0n) is 12.5. The minimum absolute atomic E-state index is 0.136. The number of benzene rings is 1. The standard InChI is InChI=1S/C16H25FN2/c1-12-5-6-14(17)9-13(12)11-19-8-7-18-10-15(19)16(2,3)4/h5-6,9,15,18H,7-8,10-11H2,1-4H3. The highest BCUT2D eigenvalue weighted by Gasteiger charge is 2.32. The molecule has 0 aromatic heterocycles. The van der Waals surface area contributed by atoms with Crippen LogP contribution in [-0.2, 0) is 6.54 Å². The fourth-order valence-electron chi connectivity index (χ4n) is 2.82. The van der Waals surface area contributed by atoms with Crippen molar-refractivity contribution < 1.29 is 4.39 Å². The summed E-state index contributed by atoms with van der Waals surface area (Å²) in [5, 5.41) is 3.47. The van der Waals surface area contributed by atoms with Crippen LogP contribution in [0.1, 0.15) is 31.9 Å². The van der Waals surface area contributed by atoms with Crippen molar-refractivity contribution in [3.63, 3.8) is 0 Å². The number of piperazine rings is 1. The van der Waals surface area contributed by atoms with Crippen LogP contribution in [0.2, 0.25) is 0 Å². The van der Waals surface area contributed by atoms with Crippen LogP contribution in [0.25, 0.3) is 0 Å². The van der Waals surface area contributed by atoms with E-state index in [0.717, 1.165) is 31.7 Å². The molecule has 1 aromatic rings. The van der Waals surface area contributed by atoms with Gasteiger partial charge in [0.05, 0.1) is 0 Å². The summed E-state index contributed by atoms with van der Waals surface area (Å²) in [7, 11) is 0. The number of rotatable bonds is 2. The summed E-state index contributed by atoms with van der Waals surface area (Å²) in [5.74, 6) is -0.136. The van der Waals surface area contributed by atoms with E-state index in [0.29, 0.717) is 6.04 Å². The smallest absolute Gasteiger partial charge is 0.123 e. The monoisotopic (exact) mass is 264 g/mol. The molecule has 0 spiro atoms. The summed E-state index contributed by atoms with van der Waals surface area (Å²) < 4.78 is 13.4. The van der Waals surface area contributed by atoms with Gasteiger partial charge in [-0.25, -0.2) is 4.39 Å². The van der Waals surface area contributed by atoms with E-state index in [9.17, 15) is 4.39 Å². The van der Waals surface area contributed by atoms with Gasteiger partial charge < -0.3 is 5.32 Å². The molecule has 1 aromatic carbocycles. The van der Waals surface area contributed by atoms with Crippen molar-refractivity contribution >= 4 is 0 Å². The second kappa shape index (κ2) is 5.59. The van der Waals surface area contributed by atoms with E-state index in [1.807, 2.05) is 6.07 Å². The molecule has 0 saturated carbocycles. The Kier molecular flexibility index (Phi) is 4.26. The lowest BCUT2D eigenvalue weighted by atomic mass is 9.84. The minimum Gasteiger partial charge on any atom is -0.314 e. The molecule has 0 amide bonds. The van der Waals surface area contributed by atoms with Gasteiger partial charge in [0.1, 0.15) is 5.82 Å². The van der Waals surface area contributed by atoms with Crippen molar-refractivity contribution in [1.29, 1.82) is 0 Å². The molecule has 1 fully saturated rings. The van der Waals surface area contributed by atoms with Gasteiger partial charge in [-0.1, -0.05) is 26.8 Å². The first-order valence-corrected chi connectivity index (χ1v) is 7.08. The maximum absolute atomic E-state index is 13.4. The molecule has 1 aliphatic heterocycles. The summed E-state index contributed by atoms with van der Waals surface area (Å²) in [6.07, 6.45) is 0. The zero-order chi connectivity index (χ0) is 14.0. The second-order valence-electron chi connectivity index (χ2n) is 6.63. The lowest BCUT2D eigenvalue weighted by Gasteiger charge is -2.44. The van der Waals surface area contributed by atoms with E-state index in [1.54, 1.807) is 6.07 Å². The van der Waals surface area contributed by atoms with Crippen molar-refractivity contribution in [2.24, 2.45) is 5.41 Å². The van der Waals surface area contributed by atoms with E-state index in [2.05, 4.69) is 37.9 Å². The lowest BCUT2D eigenvalue weighted by Crippen LogP contribution is -2.56. The van der Waals surface area contributed by atoms with Crippen LogP contribution < -0.4 is 5.32 Å². The van der Waals surface area contributed by atoms with Crippen LogP contribution in [0.3, 0.4) is 0 Å². The number of aryl methyl sites for hydroxylation is 1. The molecule has 1 unspecified atom stereocenters. The molecular formula is C16H25FN2. The maximum atomic E-state index is 13.4. The third-order valence-electron chi connectivity index (χ3n) is 4.04. The number of nitrogens with zero attached hydrogens (tertiary/aromatic N) is 1. The van der Waals surface area contributed by atoms with Gasteiger partial charge in [-0.2, -0.15) is 0 Å². The van der Waals surface area contributed by atoms with Crippen molar-refractivity contribution in [1.82, 2.24) is 10.2 Å². The largest absolute Gasteiger partial charge is 0.314 e. The molecule has 106 valence electrons. The molecule has 19 heavy (non-hydrogen) atoms. The first-order valence-electron chi connectivity index (χ1n) is 7.08. The van der Waals surface area contributed by atoms with Crippen LogP contribution >= 0.6 is 0 Å². The number of hydrogen-bond donors (Lipinski definition) is 1. The molecule has 0 aliphatic carbocycles. The quantitative estimate of drug-likeness (QED) is 0.883. The van der Waals surface area contributed by atoms with Gasteiger partial charge in [-0.15, -0.1) is 0 Å². The van der Waals surface area contributed by atoms with Crippen LogP contribution in [0, 0.1) is 18.2 Å². The van der Waals surface area contributed by atoms with E-state index in [-0.39, 0.29) is 11.2 Å². The predicted octanol–water partition coefficient (Wildman–Crippen LogP) is 2.95. The van der Waals surface area contributed by atoms with Crippen LogP contribution in [0.15, 0.2) is 18.2 Å². The summed E-state index contributed by atoms with van der Waals surface area (Å²) in [6.45, 7) is 12.8. The van der Waals surface area contributed by atoms with Crippen molar-refractivity contribution in [2.75, 3.05) is 19.6 Å². The number of hydrogen-bond acceptors (Lipinski definition) is 2. The molecule has 2 rings (SSSR count). The average Bonchev–Trinajstić information content (AvgIpc) is 2.33. The Hall–Kier alpha value is -0.930. The van der Waals surface area contributed by atoms with Crippen molar-refractivity contribution in [3.05, 3.63) is 35.1 Å². The van der Waals surface area contributed by atoms with Gasteiger partial charge in [0, 0.05) is 32.2 Å². The molecule has 2 nitrogen and oxygen atoms in total. The van der Waals surface area contributed by atoms with E-state index >= 15 is 0 Å². The molecule has 3 heteroatoms. The second-order valence-corrected chi connectivity index (χ2v) is 6.63. The maximum Gasteiger partial charge on any atom is 0.123 e. The van der Waals surface area contributed by atoms with Crippen LogP contribution in [0.4, 0.5) is 4.39 Å². The highest BCUT2D eigenvalue weighted by atomic mass is 19.1. The molecule has 1 saturated heterocycles. The van der Waals surface area contributed by atoms with Gasteiger partial charge in [0.15, 0.2) is 0 Å². The first-order chi connectivity index (χ1) is 8.88. The Morgan fingerprint density at radius 2 is 2.11 bits per heavy atom. The Balaban J connectivity index is 2.17. The SMILES string of the molecule is Cc1ccc(F)cc1CN1CCNCC1C(C)(C)C. The normalized spacial score (nSPS) is 21.6. The van der Waals surface area contributed by atoms with Gasteiger partial charge in [-0.05, 0) is 35.6 Å². The number of nitrogens with one attached hydrogen (secondary N) is 1. The highest BCUT2D eigenvalue weighted by Crippen LogP contribution is 2.27. The molecule has 0 bridgehead atoms. The molecule has 1 aliphatic rings. The third-order valence-corrected chi connectivity index (χ3v) is 4.04. The van der Waals surface area contributed by atoms with E-state index in [4.69, 9.17) is 0 Å². The summed E-state index contributed by atoms with van der Waals surface area (Å²) >= 11 is 0. The molecule has 1 atom stereocenters. The predicted molar refractivity (Wildman–Crippen MR) is 77.7 cm³/mol. The van der Waals surface area contributed by atoms with E-state index < -0.39 is 0 Å². The Morgan fingerprint density at radius 1 is 1.37 bits per heavy atom. The van der Waals surface area contributed by atoms with Gasteiger partial charge in [0.25, 0.3) is 0 Å². The third kappa shape index (κ3) is 3.54. The topological polar surface area (TPSA) is 15.3 Å². The Bertz CT molecular complexity index is 437. The van der Waals surface area contributed by atoms with Gasteiger partial charge in [0.2, 0.25) is 0 Å². The lowest BCUT2D eigenvalue weighted by molar-refractivity contribution is 0.0687. The zero-order valence-corrected chi connectivity index (χ0v) is 12.5. The fourth-order valence-corrected chi connectivity index (χ4v) is 2.82. The fraction of sp³-hybridized carbons (Fsp3) is 0.625. The molecule has 1 heterocycles. The molecule has 1 N–H and O–H groups in total. The summed E-state index contributed by atoms with van der Waals surface area (Å²) in [5.41, 5.74) is 2.51. The van der Waals surface area contributed by atoms with Crippen molar-refractivity contribution in [3.8, 4) is 0 Å². The number of halogens is 1. The molecular weight excluding hydrogens is 239 g/mol. The highest BCUT2D eigenvalue weighted by molar-refractivity contribution is 5.26. The Morgan fingerprint density at radius 3 is 2.79 bits per heavy atom. The van der Waals surface area contributed by atoms with E-state index in [1.165, 1.54) is 11.6 Å². The average molecular weight is 264 g/mol. The van der Waals surface area contributed by atoms with Crippen LogP contribution in [0.5, 0.6) is 0 Å². The first kappa shape index (κ1) is 14.5. The summed E-state index contributed by atoms with van der Waals surface area (Å²) in [6, 6.07) is 5.58. The summed E-state index contributed by atoms with van der Waals surface area (Å²) in [4.78, 5) is 2.48.